The molecule has 0 aliphatic carbocycles. The lowest BCUT2D eigenvalue weighted by molar-refractivity contribution is -0.131. The van der Waals surface area contributed by atoms with Crippen LogP contribution in [0.4, 0.5) is 0 Å². The summed E-state index contributed by atoms with van der Waals surface area (Å²) in [5, 5.41) is 8.64. The molecule has 5 heteroatoms. The second-order valence-corrected chi connectivity index (χ2v) is 4.82. The van der Waals surface area contributed by atoms with Crippen LogP contribution in [-0.2, 0) is 11.3 Å². The van der Waals surface area contributed by atoms with Crippen LogP contribution in [0.2, 0.25) is 0 Å². The lowest BCUT2D eigenvalue weighted by atomic mass is 10.1. The Balaban J connectivity index is 2.31. The molecule has 108 valence electrons. The molecular weight excluding hydrogens is 268 g/mol. The van der Waals surface area contributed by atoms with Crippen LogP contribution in [0.25, 0.3) is 6.08 Å². The summed E-state index contributed by atoms with van der Waals surface area (Å²) in [6, 6.07) is 9.25. The Hall–Kier alpha value is -2.69. The van der Waals surface area contributed by atoms with Gasteiger partial charge in [0.05, 0.1) is 6.54 Å². The normalized spacial score (nSPS) is 11.0. The van der Waals surface area contributed by atoms with Crippen LogP contribution in [0.1, 0.15) is 22.5 Å². The van der Waals surface area contributed by atoms with Crippen molar-refractivity contribution >= 4 is 12.0 Å². The van der Waals surface area contributed by atoms with E-state index in [-0.39, 0.29) is 5.69 Å². The van der Waals surface area contributed by atoms with E-state index in [1.54, 1.807) is 11.5 Å². The molecule has 0 radical (unpaired) electrons. The lowest BCUT2D eigenvalue weighted by Gasteiger charge is -2.10. The van der Waals surface area contributed by atoms with E-state index in [1.807, 2.05) is 37.3 Å². The van der Waals surface area contributed by atoms with Gasteiger partial charge in [0.2, 0.25) is 0 Å². The fourth-order valence-corrected chi connectivity index (χ4v) is 2.11. The molecule has 0 fully saturated rings. The van der Waals surface area contributed by atoms with Crippen molar-refractivity contribution in [1.82, 2.24) is 9.55 Å². The summed E-state index contributed by atoms with van der Waals surface area (Å²) in [6.07, 6.45) is 2.61. The minimum absolute atomic E-state index is 0.279. The topological polar surface area (TPSA) is 72.2 Å². The molecular formula is C16H16N2O3. The minimum Gasteiger partial charge on any atom is -0.478 e. The Bertz CT molecular complexity index is 760. The largest absolute Gasteiger partial charge is 0.478 e. The molecule has 0 aliphatic heterocycles. The average molecular weight is 284 g/mol. The second-order valence-electron chi connectivity index (χ2n) is 4.82. The van der Waals surface area contributed by atoms with Gasteiger partial charge in [0, 0.05) is 17.5 Å². The second kappa shape index (κ2) is 6.17. The fourth-order valence-electron chi connectivity index (χ4n) is 2.11. The Morgan fingerprint density at radius 3 is 2.76 bits per heavy atom. The highest BCUT2D eigenvalue weighted by molar-refractivity contribution is 5.85. The van der Waals surface area contributed by atoms with E-state index in [9.17, 15) is 9.59 Å². The van der Waals surface area contributed by atoms with Crippen molar-refractivity contribution in [3.8, 4) is 0 Å². The van der Waals surface area contributed by atoms with Gasteiger partial charge in [-0.3, -0.25) is 4.57 Å². The SMILES string of the molecule is Cc1cc(C)n(Cc2cccc(C=CC(=O)O)c2)c(=O)n1. The molecule has 0 amide bonds. The number of hydrogen-bond acceptors (Lipinski definition) is 3. The van der Waals surface area contributed by atoms with Gasteiger partial charge < -0.3 is 5.11 Å². The summed E-state index contributed by atoms with van der Waals surface area (Å²) in [4.78, 5) is 26.4. The summed E-state index contributed by atoms with van der Waals surface area (Å²) < 4.78 is 1.59. The van der Waals surface area contributed by atoms with Crippen molar-refractivity contribution < 1.29 is 9.90 Å². The molecule has 0 saturated carbocycles. The van der Waals surface area contributed by atoms with E-state index in [2.05, 4.69) is 4.98 Å². The molecule has 21 heavy (non-hydrogen) atoms. The van der Waals surface area contributed by atoms with Crippen LogP contribution >= 0.6 is 0 Å². The molecule has 1 N–H and O–H groups in total. The average Bonchev–Trinajstić information content (AvgIpc) is 2.41. The van der Waals surface area contributed by atoms with Gasteiger partial charge in [-0.2, -0.15) is 4.98 Å². The molecule has 0 spiro atoms. The van der Waals surface area contributed by atoms with Crippen molar-refractivity contribution in [3.05, 3.63) is 69.4 Å². The summed E-state index contributed by atoms with van der Waals surface area (Å²) in [5.41, 5.74) is 2.96. The van der Waals surface area contributed by atoms with Crippen LogP contribution in [0.3, 0.4) is 0 Å². The van der Waals surface area contributed by atoms with Crippen molar-refractivity contribution in [2.24, 2.45) is 0 Å². The number of nitrogens with zero attached hydrogens (tertiary/aromatic N) is 2. The first-order valence-corrected chi connectivity index (χ1v) is 6.51. The highest BCUT2D eigenvalue weighted by Gasteiger charge is 2.04. The Morgan fingerprint density at radius 2 is 2.10 bits per heavy atom. The summed E-state index contributed by atoms with van der Waals surface area (Å²) in [7, 11) is 0. The van der Waals surface area contributed by atoms with E-state index in [4.69, 9.17) is 5.11 Å². The summed E-state index contributed by atoms with van der Waals surface area (Å²) in [6.45, 7) is 4.06. The first-order valence-electron chi connectivity index (χ1n) is 6.51. The summed E-state index contributed by atoms with van der Waals surface area (Å²) in [5.74, 6) is -0.991. The maximum absolute atomic E-state index is 11.9. The summed E-state index contributed by atoms with van der Waals surface area (Å²) >= 11 is 0. The third-order valence-electron chi connectivity index (χ3n) is 3.06. The van der Waals surface area contributed by atoms with Crippen LogP contribution < -0.4 is 5.69 Å². The Labute approximate surface area is 122 Å². The number of carboxylic acid groups (broad SMARTS) is 1. The smallest absolute Gasteiger partial charge is 0.348 e. The number of aromatic nitrogens is 2. The highest BCUT2D eigenvalue weighted by atomic mass is 16.4. The van der Waals surface area contributed by atoms with Crippen LogP contribution in [0.5, 0.6) is 0 Å². The van der Waals surface area contributed by atoms with Crippen molar-refractivity contribution in [1.29, 1.82) is 0 Å². The quantitative estimate of drug-likeness (QED) is 0.872. The molecule has 0 saturated heterocycles. The zero-order chi connectivity index (χ0) is 15.4. The lowest BCUT2D eigenvalue weighted by Crippen LogP contribution is -2.26. The maximum Gasteiger partial charge on any atom is 0.348 e. The van der Waals surface area contributed by atoms with E-state index >= 15 is 0 Å². The van der Waals surface area contributed by atoms with Gasteiger partial charge in [-0.05, 0) is 43.2 Å². The third kappa shape index (κ3) is 3.89. The monoisotopic (exact) mass is 284 g/mol. The Morgan fingerprint density at radius 1 is 1.33 bits per heavy atom. The van der Waals surface area contributed by atoms with Gasteiger partial charge in [0.15, 0.2) is 0 Å². The maximum atomic E-state index is 11.9. The molecule has 0 atom stereocenters. The number of carboxylic acids is 1. The van der Waals surface area contributed by atoms with E-state index in [1.165, 1.54) is 6.08 Å². The standard InChI is InChI=1S/C16H16N2O3/c1-11-8-12(2)18(16(21)17-11)10-14-5-3-4-13(9-14)6-7-15(19)20/h3-9H,10H2,1-2H3,(H,19,20). The number of carbonyl (C=O) groups is 1. The van der Waals surface area contributed by atoms with E-state index in [0.717, 1.165) is 22.9 Å². The third-order valence-corrected chi connectivity index (χ3v) is 3.06. The molecule has 1 heterocycles. The van der Waals surface area contributed by atoms with E-state index in [0.29, 0.717) is 12.2 Å². The fraction of sp³-hybridized carbons (Fsp3) is 0.188. The van der Waals surface area contributed by atoms with E-state index < -0.39 is 5.97 Å². The van der Waals surface area contributed by atoms with Crippen molar-refractivity contribution in [2.75, 3.05) is 0 Å². The zero-order valence-electron chi connectivity index (χ0n) is 11.9. The van der Waals surface area contributed by atoms with Gasteiger partial charge in [0.1, 0.15) is 0 Å². The molecule has 0 aliphatic rings. The molecule has 2 rings (SSSR count). The number of aliphatic carboxylic acids is 1. The van der Waals surface area contributed by atoms with Gasteiger partial charge >= 0.3 is 11.7 Å². The number of benzene rings is 1. The predicted molar refractivity (Wildman–Crippen MR) is 80.2 cm³/mol. The first-order chi connectivity index (χ1) is 9.95. The van der Waals surface area contributed by atoms with Crippen LogP contribution in [0, 0.1) is 13.8 Å². The highest BCUT2D eigenvalue weighted by Crippen LogP contribution is 2.09. The molecule has 0 unspecified atom stereocenters. The van der Waals surface area contributed by atoms with Gasteiger partial charge in [-0.1, -0.05) is 18.2 Å². The number of hydrogen-bond donors (Lipinski definition) is 1. The molecule has 5 nitrogen and oxygen atoms in total. The van der Waals surface area contributed by atoms with Gasteiger partial charge in [0.25, 0.3) is 0 Å². The van der Waals surface area contributed by atoms with Gasteiger partial charge in [-0.15, -0.1) is 0 Å². The Kier molecular flexibility index (Phi) is 4.33. The number of aryl methyl sites for hydroxylation is 2. The van der Waals surface area contributed by atoms with Crippen LogP contribution in [0.15, 0.2) is 41.2 Å². The molecule has 1 aromatic carbocycles. The molecule has 0 bridgehead atoms. The molecule has 2 aromatic rings. The minimum atomic E-state index is -0.991. The number of rotatable bonds is 4. The van der Waals surface area contributed by atoms with Gasteiger partial charge in [-0.25, -0.2) is 9.59 Å². The van der Waals surface area contributed by atoms with Crippen molar-refractivity contribution in [3.63, 3.8) is 0 Å². The zero-order valence-corrected chi connectivity index (χ0v) is 11.9. The first kappa shape index (κ1) is 14.7. The van der Waals surface area contributed by atoms with Crippen molar-refractivity contribution in [2.45, 2.75) is 20.4 Å². The van der Waals surface area contributed by atoms with Crippen LogP contribution in [-0.4, -0.2) is 20.6 Å². The molecule has 1 aromatic heterocycles. The predicted octanol–water partition coefficient (Wildman–Crippen LogP) is 2.01.